The molecule has 0 radical (unpaired) electrons. The maximum atomic E-state index is 13.4. The van der Waals surface area contributed by atoms with Gasteiger partial charge in [0.15, 0.2) is 0 Å². The van der Waals surface area contributed by atoms with Gasteiger partial charge in [0.1, 0.15) is 12.4 Å². The van der Waals surface area contributed by atoms with Crippen LogP contribution in [0.3, 0.4) is 0 Å². The fraction of sp³-hybridized carbons (Fsp3) is 0.0741. The minimum Gasteiger partial charge on any atom is -0.488 e. The predicted octanol–water partition coefficient (Wildman–Crippen LogP) is 5.71. The largest absolute Gasteiger partial charge is 0.488 e. The van der Waals surface area contributed by atoms with E-state index in [-0.39, 0.29) is 17.7 Å². The number of hydrogen-bond donors (Lipinski definition) is 2. The fourth-order valence-electron chi connectivity index (χ4n) is 3.66. The SMILES string of the molecule is NC#Cc1cn(-c2ccc(C(=O)O)cc2)cc1-c1ccccc1OCc1ccccc1C(F)(F)F. The van der Waals surface area contributed by atoms with Crippen LogP contribution in [0.1, 0.15) is 27.0 Å². The van der Waals surface area contributed by atoms with Crippen LogP contribution in [0.5, 0.6) is 5.75 Å². The number of carboxylic acids is 1. The quantitative estimate of drug-likeness (QED) is 0.276. The third-order valence-corrected chi connectivity index (χ3v) is 5.33. The summed E-state index contributed by atoms with van der Waals surface area (Å²) in [6, 6.07) is 20.9. The van der Waals surface area contributed by atoms with Crippen LogP contribution in [0.25, 0.3) is 16.8 Å². The molecule has 0 saturated carbocycles. The lowest BCUT2D eigenvalue weighted by atomic mass is 10.0. The van der Waals surface area contributed by atoms with Crippen molar-refractivity contribution in [2.24, 2.45) is 5.73 Å². The highest BCUT2D eigenvalue weighted by Crippen LogP contribution is 2.36. The van der Waals surface area contributed by atoms with Gasteiger partial charge in [0.05, 0.1) is 16.7 Å². The summed E-state index contributed by atoms with van der Waals surface area (Å²) in [5.74, 6) is 2.18. The summed E-state index contributed by atoms with van der Waals surface area (Å²) in [7, 11) is 0. The molecule has 0 bridgehead atoms. The summed E-state index contributed by atoms with van der Waals surface area (Å²) in [5.41, 5.74) is 7.44. The molecule has 0 atom stereocenters. The maximum Gasteiger partial charge on any atom is 0.416 e. The zero-order valence-electron chi connectivity index (χ0n) is 18.2. The maximum absolute atomic E-state index is 13.4. The molecule has 5 nitrogen and oxygen atoms in total. The summed E-state index contributed by atoms with van der Waals surface area (Å²) in [4.78, 5) is 11.1. The number of aromatic carboxylic acids is 1. The van der Waals surface area contributed by atoms with E-state index in [0.717, 1.165) is 6.07 Å². The Kier molecular flexibility index (Phi) is 6.51. The lowest BCUT2D eigenvalue weighted by Crippen LogP contribution is -2.10. The number of benzene rings is 3. The van der Waals surface area contributed by atoms with Gasteiger partial charge in [0.25, 0.3) is 0 Å². The Morgan fingerprint density at radius 2 is 1.63 bits per heavy atom. The van der Waals surface area contributed by atoms with Gasteiger partial charge >= 0.3 is 12.1 Å². The number of aromatic nitrogens is 1. The molecule has 0 fully saturated rings. The number of nitrogens with two attached hydrogens (primary N) is 1. The average Bonchev–Trinajstić information content (AvgIpc) is 3.26. The molecule has 0 aliphatic carbocycles. The van der Waals surface area contributed by atoms with E-state index in [4.69, 9.17) is 15.6 Å². The first-order valence-corrected chi connectivity index (χ1v) is 10.4. The van der Waals surface area contributed by atoms with Crippen LogP contribution < -0.4 is 10.5 Å². The molecule has 0 amide bonds. The van der Waals surface area contributed by atoms with Crippen molar-refractivity contribution >= 4 is 5.97 Å². The van der Waals surface area contributed by atoms with Gasteiger partial charge in [-0.3, -0.25) is 0 Å². The molecule has 0 aliphatic rings. The van der Waals surface area contributed by atoms with Crippen molar-refractivity contribution in [1.82, 2.24) is 4.57 Å². The first-order chi connectivity index (χ1) is 16.8. The second-order valence-electron chi connectivity index (χ2n) is 7.55. The highest BCUT2D eigenvalue weighted by molar-refractivity contribution is 5.87. The third-order valence-electron chi connectivity index (χ3n) is 5.33. The number of carboxylic acid groups (broad SMARTS) is 1. The molecule has 3 N–H and O–H groups in total. The van der Waals surface area contributed by atoms with E-state index < -0.39 is 17.7 Å². The summed E-state index contributed by atoms with van der Waals surface area (Å²) >= 11 is 0. The molecule has 8 heteroatoms. The highest BCUT2D eigenvalue weighted by Gasteiger charge is 2.33. The monoisotopic (exact) mass is 476 g/mol. The Labute approximate surface area is 199 Å². The van der Waals surface area contributed by atoms with Crippen molar-refractivity contribution in [3.63, 3.8) is 0 Å². The van der Waals surface area contributed by atoms with Gasteiger partial charge in [0, 0.05) is 40.8 Å². The third kappa shape index (κ3) is 5.14. The smallest absolute Gasteiger partial charge is 0.416 e. The Morgan fingerprint density at radius 3 is 2.31 bits per heavy atom. The molecule has 35 heavy (non-hydrogen) atoms. The lowest BCUT2D eigenvalue weighted by Gasteiger charge is -2.15. The molecule has 4 rings (SSSR count). The summed E-state index contributed by atoms with van der Waals surface area (Å²) in [6.45, 7) is -0.276. The van der Waals surface area contributed by atoms with Gasteiger partial charge in [-0.05, 0) is 42.3 Å². The molecule has 0 saturated heterocycles. The molecular weight excluding hydrogens is 457 g/mol. The first-order valence-electron chi connectivity index (χ1n) is 10.4. The van der Waals surface area contributed by atoms with E-state index in [9.17, 15) is 18.0 Å². The van der Waals surface area contributed by atoms with Crippen LogP contribution in [0, 0.1) is 12.0 Å². The molecule has 0 spiro atoms. The van der Waals surface area contributed by atoms with Gasteiger partial charge in [-0.1, -0.05) is 36.4 Å². The summed E-state index contributed by atoms with van der Waals surface area (Å²) in [5, 5.41) is 9.12. The van der Waals surface area contributed by atoms with Crippen LogP contribution in [-0.4, -0.2) is 15.6 Å². The molecular formula is C27H19F3N2O3. The number of ether oxygens (including phenoxy) is 1. The van der Waals surface area contributed by atoms with Crippen LogP contribution >= 0.6 is 0 Å². The molecule has 3 aromatic carbocycles. The first kappa shape index (κ1) is 23.5. The van der Waals surface area contributed by atoms with Crippen LogP contribution in [-0.2, 0) is 12.8 Å². The minimum absolute atomic E-state index is 0.0212. The van der Waals surface area contributed by atoms with Gasteiger partial charge in [0.2, 0.25) is 0 Å². The van der Waals surface area contributed by atoms with Gasteiger partial charge in [-0.25, -0.2) is 4.79 Å². The number of para-hydroxylation sites is 1. The molecule has 4 aromatic rings. The molecule has 176 valence electrons. The number of alkyl halides is 3. The normalized spacial score (nSPS) is 10.9. The second kappa shape index (κ2) is 9.69. The van der Waals surface area contributed by atoms with Crippen molar-refractivity contribution in [2.45, 2.75) is 12.8 Å². The van der Waals surface area contributed by atoms with Crippen molar-refractivity contribution in [2.75, 3.05) is 0 Å². The van der Waals surface area contributed by atoms with E-state index in [2.05, 4.69) is 12.0 Å². The zero-order valence-corrected chi connectivity index (χ0v) is 18.2. The topological polar surface area (TPSA) is 77.5 Å². The Bertz CT molecular complexity index is 1430. The van der Waals surface area contributed by atoms with Gasteiger partial charge in [-0.2, -0.15) is 13.2 Å². The van der Waals surface area contributed by atoms with Gasteiger partial charge in [-0.15, -0.1) is 0 Å². The molecule has 1 aromatic heterocycles. The molecule has 0 unspecified atom stereocenters. The van der Waals surface area contributed by atoms with Gasteiger partial charge < -0.3 is 20.1 Å². The van der Waals surface area contributed by atoms with E-state index in [1.165, 1.54) is 30.3 Å². The number of rotatable bonds is 6. The van der Waals surface area contributed by atoms with Crippen molar-refractivity contribution < 1.29 is 27.8 Å². The van der Waals surface area contributed by atoms with E-state index >= 15 is 0 Å². The van der Waals surface area contributed by atoms with Crippen LogP contribution in [0.15, 0.2) is 85.2 Å². The van der Waals surface area contributed by atoms with Crippen molar-refractivity contribution in [1.29, 1.82) is 0 Å². The number of nitrogens with zero attached hydrogens (tertiary/aromatic N) is 1. The van der Waals surface area contributed by atoms with E-state index in [0.29, 0.717) is 28.1 Å². The van der Waals surface area contributed by atoms with Crippen LogP contribution in [0.4, 0.5) is 13.2 Å². The van der Waals surface area contributed by atoms with Crippen LogP contribution in [0.2, 0.25) is 0 Å². The second-order valence-corrected chi connectivity index (χ2v) is 7.55. The Morgan fingerprint density at radius 1 is 0.943 bits per heavy atom. The van der Waals surface area contributed by atoms with E-state index in [1.54, 1.807) is 53.4 Å². The molecule has 1 heterocycles. The number of hydrogen-bond acceptors (Lipinski definition) is 3. The zero-order chi connectivity index (χ0) is 25.0. The summed E-state index contributed by atoms with van der Waals surface area (Å²) < 4.78 is 47.7. The number of carbonyl (C=O) groups is 1. The van der Waals surface area contributed by atoms with Crippen molar-refractivity contribution in [3.8, 4) is 34.5 Å². The minimum atomic E-state index is -4.49. The standard InChI is InChI=1S/C27H19F3N2O3/c28-27(29,30)24-7-3-1-5-20(24)17-35-25-8-4-2-6-22(25)23-16-32(15-19(23)13-14-31)21-11-9-18(10-12-21)26(33)34/h1-12,15-16H,17,31H2,(H,33,34). The predicted molar refractivity (Wildman–Crippen MR) is 125 cm³/mol. The number of halogens is 3. The summed E-state index contributed by atoms with van der Waals surface area (Å²) in [6.07, 6.45) is -0.973. The average molecular weight is 476 g/mol. The lowest BCUT2D eigenvalue weighted by molar-refractivity contribution is -0.138. The highest BCUT2D eigenvalue weighted by atomic mass is 19.4. The Hall–Kier alpha value is -4.64. The molecule has 0 aliphatic heterocycles. The van der Waals surface area contributed by atoms with Crippen molar-refractivity contribution in [3.05, 3.63) is 107 Å². The fourth-order valence-corrected chi connectivity index (χ4v) is 3.66. The van der Waals surface area contributed by atoms with E-state index in [1.807, 2.05) is 0 Å². The Balaban J connectivity index is 1.70.